The number of methoxy groups -OCH3 is 1. The molecule has 1 heterocycles. The summed E-state index contributed by atoms with van der Waals surface area (Å²) in [4.78, 5) is 24.0. The zero-order valence-corrected chi connectivity index (χ0v) is 14.8. The third-order valence-electron chi connectivity index (χ3n) is 3.87. The lowest BCUT2D eigenvalue weighted by atomic mass is 10.1. The Balaban J connectivity index is 1.50. The lowest BCUT2D eigenvalue weighted by Crippen LogP contribution is -2.28. The maximum absolute atomic E-state index is 12.1. The molecule has 3 rings (SSSR count). The van der Waals surface area contributed by atoms with Crippen molar-refractivity contribution < 1.29 is 19.1 Å². The number of carbonyl (C=O) groups excluding carboxylic acids is 2. The second-order valence-corrected chi connectivity index (χ2v) is 5.70. The van der Waals surface area contributed by atoms with Crippen molar-refractivity contribution in [1.82, 2.24) is 15.5 Å². The predicted molar refractivity (Wildman–Crippen MR) is 99.1 cm³/mol. The fourth-order valence-corrected chi connectivity index (χ4v) is 2.49. The molecule has 2 aromatic carbocycles. The molecule has 0 spiro atoms. The number of aromatic amines is 1. The van der Waals surface area contributed by atoms with Gasteiger partial charge in [-0.3, -0.25) is 9.89 Å². The number of amides is 1. The van der Waals surface area contributed by atoms with Gasteiger partial charge < -0.3 is 14.8 Å². The zero-order chi connectivity index (χ0) is 19.1. The molecule has 0 unspecified atom stereocenters. The van der Waals surface area contributed by atoms with Crippen LogP contribution in [0.15, 0.2) is 60.7 Å². The lowest BCUT2D eigenvalue weighted by molar-refractivity contribution is -0.124. The number of aromatic nitrogens is 2. The van der Waals surface area contributed by atoms with Gasteiger partial charge in [0.05, 0.1) is 12.8 Å². The van der Waals surface area contributed by atoms with E-state index in [1.807, 2.05) is 54.6 Å². The second kappa shape index (κ2) is 8.66. The van der Waals surface area contributed by atoms with Gasteiger partial charge in [-0.05, 0) is 12.1 Å². The Morgan fingerprint density at radius 1 is 1.07 bits per heavy atom. The summed E-state index contributed by atoms with van der Waals surface area (Å²) in [5, 5.41) is 9.41. The molecule has 0 radical (unpaired) electrons. The summed E-state index contributed by atoms with van der Waals surface area (Å²) in [6.45, 7) is -0.101. The average Bonchev–Trinajstić information content (AvgIpc) is 3.21. The number of hydrogen-bond donors (Lipinski definition) is 2. The van der Waals surface area contributed by atoms with Gasteiger partial charge in [-0.1, -0.05) is 48.5 Å². The minimum Gasteiger partial charge on any atom is -0.496 e. The topological polar surface area (TPSA) is 93.3 Å². The Kier molecular flexibility index (Phi) is 5.84. The Bertz CT molecular complexity index is 922. The fourth-order valence-electron chi connectivity index (χ4n) is 2.49. The molecule has 0 bridgehead atoms. The number of para-hydroxylation sites is 1. The van der Waals surface area contributed by atoms with Crippen LogP contribution in [0.25, 0.3) is 11.3 Å². The lowest BCUT2D eigenvalue weighted by Gasteiger charge is -2.09. The highest BCUT2D eigenvalue weighted by molar-refractivity contribution is 5.90. The molecular formula is C20H19N3O4. The average molecular weight is 365 g/mol. The summed E-state index contributed by atoms with van der Waals surface area (Å²) < 4.78 is 10.3. The monoisotopic (exact) mass is 365 g/mol. The van der Waals surface area contributed by atoms with Crippen molar-refractivity contribution in [2.75, 3.05) is 13.7 Å². The summed E-state index contributed by atoms with van der Waals surface area (Å²) in [5.74, 6) is -0.366. The number of nitrogens with zero attached hydrogens (tertiary/aromatic N) is 1. The van der Waals surface area contributed by atoms with E-state index in [0.29, 0.717) is 11.4 Å². The van der Waals surface area contributed by atoms with Gasteiger partial charge in [0.15, 0.2) is 6.61 Å². The van der Waals surface area contributed by atoms with E-state index in [2.05, 4.69) is 15.5 Å². The standard InChI is InChI=1S/C20H19N3O4/c1-26-18-10-6-5-9-15(18)12-21-19(24)13-27-20(25)17-11-16(22-23-17)14-7-3-2-4-8-14/h2-11H,12-13H2,1H3,(H,21,24)(H,22,23). The predicted octanol–water partition coefficient (Wildman–Crippen LogP) is 2.56. The van der Waals surface area contributed by atoms with Crippen molar-refractivity contribution in [3.63, 3.8) is 0 Å². The molecule has 2 N–H and O–H groups in total. The van der Waals surface area contributed by atoms with Gasteiger partial charge >= 0.3 is 5.97 Å². The Hall–Kier alpha value is -3.61. The summed E-state index contributed by atoms with van der Waals surface area (Å²) in [6.07, 6.45) is 0. The molecule has 7 nitrogen and oxygen atoms in total. The summed E-state index contributed by atoms with van der Waals surface area (Å²) >= 11 is 0. The molecule has 0 fully saturated rings. The largest absolute Gasteiger partial charge is 0.496 e. The molecular weight excluding hydrogens is 346 g/mol. The number of nitrogens with one attached hydrogen (secondary N) is 2. The first-order valence-corrected chi connectivity index (χ1v) is 8.34. The van der Waals surface area contributed by atoms with Crippen molar-refractivity contribution in [3.05, 3.63) is 71.9 Å². The molecule has 0 saturated heterocycles. The van der Waals surface area contributed by atoms with Crippen molar-refractivity contribution >= 4 is 11.9 Å². The van der Waals surface area contributed by atoms with Gasteiger partial charge in [0.25, 0.3) is 5.91 Å². The van der Waals surface area contributed by atoms with E-state index in [1.54, 1.807) is 13.2 Å². The highest BCUT2D eigenvalue weighted by atomic mass is 16.5. The number of ether oxygens (including phenoxy) is 2. The molecule has 0 aliphatic rings. The molecule has 7 heteroatoms. The molecule has 1 amide bonds. The number of benzene rings is 2. The third kappa shape index (κ3) is 4.72. The van der Waals surface area contributed by atoms with Gasteiger partial charge in [0.2, 0.25) is 0 Å². The summed E-state index contributed by atoms with van der Waals surface area (Å²) in [7, 11) is 1.57. The van der Waals surface area contributed by atoms with E-state index in [-0.39, 0.29) is 18.8 Å². The van der Waals surface area contributed by atoms with E-state index in [4.69, 9.17) is 9.47 Å². The molecule has 0 aliphatic carbocycles. The summed E-state index contributed by atoms with van der Waals surface area (Å²) in [6, 6.07) is 18.4. The molecule has 0 aliphatic heterocycles. The number of esters is 1. The third-order valence-corrected chi connectivity index (χ3v) is 3.87. The van der Waals surface area contributed by atoms with Crippen LogP contribution in [0, 0.1) is 0 Å². The van der Waals surface area contributed by atoms with Crippen molar-refractivity contribution in [1.29, 1.82) is 0 Å². The van der Waals surface area contributed by atoms with E-state index >= 15 is 0 Å². The molecule has 3 aromatic rings. The smallest absolute Gasteiger partial charge is 0.356 e. The minimum absolute atomic E-state index is 0.186. The highest BCUT2D eigenvalue weighted by Gasteiger charge is 2.14. The van der Waals surface area contributed by atoms with Gasteiger partial charge in [0.1, 0.15) is 11.4 Å². The SMILES string of the molecule is COc1ccccc1CNC(=O)COC(=O)c1cc(-c2ccccc2)n[nH]1. The van der Waals surface area contributed by atoms with Gasteiger partial charge in [-0.25, -0.2) is 4.79 Å². The van der Waals surface area contributed by atoms with Crippen LogP contribution < -0.4 is 10.1 Å². The number of H-pyrrole nitrogens is 1. The van der Waals surface area contributed by atoms with E-state index in [9.17, 15) is 9.59 Å². The van der Waals surface area contributed by atoms with E-state index < -0.39 is 11.9 Å². The van der Waals surface area contributed by atoms with E-state index in [1.165, 1.54) is 0 Å². The van der Waals surface area contributed by atoms with Gasteiger partial charge in [-0.2, -0.15) is 5.10 Å². The van der Waals surface area contributed by atoms with Crippen LogP contribution in [0.3, 0.4) is 0 Å². The molecule has 1 aromatic heterocycles. The molecule has 27 heavy (non-hydrogen) atoms. The Labute approximate surface area is 156 Å². The van der Waals surface area contributed by atoms with Crippen LogP contribution in [0.5, 0.6) is 5.75 Å². The first-order valence-electron chi connectivity index (χ1n) is 8.34. The van der Waals surface area contributed by atoms with Crippen LogP contribution in [0.1, 0.15) is 16.1 Å². The maximum atomic E-state index is 12.1. The Morgan fingerprint density at radius 2 is 1.81 bits per heavy atom. The zero-order valence-electron chi connectivity index (χ0n) is 14.8. The Morgan fingerprint density at radius 3 is 2.59 bits per heavy atom. The number of hydrogen-bond acceptors (Lipinski definition) is 5. The summed E-state index contributed by atoms with van der Waals surface area (Å²) in [5.41, 5.74) is 2.53. The quantitative estimate of drug-likeness (QED) is 0.628. The normalized spacial score (nSPS) is 10.3. The van der Waals surface area contributed by atoms with Gasteiger partial charge in [0, 0.05) is 17.7 Å². The van der Waals surface area contributed by atoms with Crippen LogP contribution >= 0.6 is 0 Å². The van der Waals surface area contributed by atoms with Crippen LogP contribution in [0.4, 0.5) is 0 Å². The van der Waals surface area contributed by atoms with Crippen molar-refractivity contribution in [2.24, 2.45) is 0 Å². The maximum Gasteiger partial charge on any atom is 0.356 e. The van der Waals surface area contributed by atoms with Gasteiger partial charge in [-0.15, -0.1) is 0 Å². The van der Waals surface area contributed by atoms with Crippen molar-refractivity contribution in [2.45, 2.75) is 6.54 Å². The number of rotatable bonds is 7. The van der Waals surface area contributed by atoms with Crippen LogP contribution in [0.2, 0.25) is 0 Å². The first kappa shape index (κ1) is 18.2. The molecule has 138 valence electrons. The second-order valence-electron chi connectivity index (χ2n) is 5.70. The molecule has 0 atom stereocenters. The van der Waals surface area contributed by atoms with E-state index in [0.717, 1.165) is 11.1 Å². The number of carbonyl (C=O) groups is 2. The fraction of sp³-hybridized carbons (Fsp3) is 0.150. The molecule has 0 saturated carbocycles. The van der Waals surface area contributed by atoms with Crippen molar-refractivity contribution in [3.8, 4) is 17.0 Å². The first-order chi connectivity index (χ1) is 13.2. The van der Waals surface area contributed by atoms with Crippen LogP contribution in [-0.4, -0.2) is 35.8 Å². The highest BCUT2D eigenvalue weighted by Crippen LogP contribution is 2.18. The van der Waals surface area contributed by atoms with Crippen LogP contribution in [-0.2, 0) is 16.1 Å². The minimum atomic E-state index is -0.642.